The van der Waals surface area contributed by atoms with Crippen LogP contribution in [0.5, 0.6) is 0 Å². The molecule has 0 aliphatic heterocycles. The van der Waals surface area contributed by atoms with Crippen LogP contribution in [0.15, 0.2) is 34.5 Å². The van der Waals surface area contributed by atoms with Crippen molar-refractivity contribution in [2.75, 3.05) is 18.5 Å². The fourth-order valence-corrected chi connectivity index (χ4v) is 1.32. The Bertz CT molecular complexity index is 464. The van der Waals surface area contributed by atoms with Gasteiger partial charge in [-0.3, -0.25) is 0 Å². The van der Waals surface area contributed by atoms with Crippen molar-refractivity contribution in [3.8, 4) is 6.07 Å². The van der Waals surface area contributed by atoms with E-state index in [2.05, 4.69) is 16.3 Å². The summed E-state index contributed by atoms with van der Waals surface area (Å²) in [7, 11) is 1.94. The third-order valence-electron chi connectivity index (χ3n) is 2.27. The molecular formula is C12H16N6. The van der Waals surface area contributed by atoms with Crippen molar-refractivity contribution in [1.82, 2.24) is 0 Å². The first-order valence-electron chi connectivity index (χ1n) is 5.43. The SMILES string of the molecule is CN(CCC#N)c1ccc(/C=N\N=C(N)N)cc1. The minimum atomic E-state index is -0.0703. The van der Waals surface area contributed by atoms with Crippen molar-refractivity contribution < 1.29 is 0 Å². The molecule has 0 fully saturated rings. The lowest BCUT2D eigenvalue weighted by Gasteiger charge is -2.17. The minimum Gasteiger partial charge on any atom is -0.374 e. The van der Waals surface area contributed by atoms with E-state index in [0.29, 0.717) is 13.0 Å². The smallest absolute Gasteiger partial charge is 0.211 e. The van der Waals surface area contributed by atoms with E-state index in [1.165, 1.54) is 0 Å². The fraction of sp³-hybridized carbons (Fsp3) is 0.250. The van der Waals surface area contributed by atoms with Crippen molar-refractivity contribution >= 4 is 17.9 Å². The van der Waals surface area contributed by atoms with E-state index >= 15 is 0 Å². The molecule has 0 unspecified atom stereocenters. The van der Waals surface area contributed by atoms with Crippen LogP contribution in [0, 0.1) is 11.3 Å². The number of benzene rings is 1. The highest BCUT2D eigenvalue weighted by Crippen LogP contribution is 2.13. The van der Waals surface area contributed by atoms with Gasteiger partial charge in [-0.25, -0.2) is 0 Å². The van der Waals surface area contributed by atoms with Crippen molar-refractivity contribution in [2.24, 2.45) is 21.7 Å². The summed E-state index contributed by atoms with van der Waals surface area (Å²) in [5.74, 6) is -0.0703. The molecule has 0 saturated heterocycles. The van der Waals surface area contributed by atoms with Crippen LogP contribution in [0.1, 0.15) is 12.0 Å². The number of nitriles is 1. The Morgan fingerprint density at radius 1 is 1.39 bits per heavy atom. The van der Waals surface area contributed by atoms with Gasteiger partial charge in [-0.05, 0) is 17.7 Å². The lowest BCUT2D eigenvalue weighted by atomic mass is 10.2. The summed E-state index contributed by atoms with van der Waals surface area (Å²) in [5, 5.41) is 15.8. The van der Waals surface area contributed by atoms with Gasteiger partial charge in [0.15, 0.2) is 0 Å². The summed E-state index contributed by atoms with van der Waals surface area (Å²) in [6.07, 6.45) is 2.07. The number of rotatable bonds is 5. The Labute approximate surface area is 106 Å². The second-order valence-electron chi connectivity index (χ2n) is 3.69. The molecule has 0 saturated carbocycles. The molecule has 0 heterocycles. The van der Waals surface area contributed by atoms with Gasteiger partial charge in [0.05, 0.1) is 18.7 Å². The molecule has 0 spiro atoms. The lowest BCUT2D eigenvalue weighted by Crippen LogP contribution is -2.21. The first-order chi connectivity index (χ1) is 8.63. The normalized spacial score (nSPS) is 10.0. The van der Waals surface area contributed by atoms with Crippen LogP contribution in [-0.2, 0) is 0 Å². The maximum absolute atomic E-state index is 8.52. The topological polar surface area (TPSA) is 104 Å². The predicted octanol–water partition coefficient (Wildman–Crippen LogP) is 0.644. The van der Waals surface area contributed by atoms with Gasteiger partial charge in [-0.15, -0.1) is 5.10 Å². The van der Waals surface area contributed by atoms with E-state index in [1.54, 1.807) is 6.21 Å². The summed E-state index contributed by atoms with van der Waals surface area (Å²) < 4.78 is 0. The lowest BCUT2D eigenvalue weighted by molar-refractivity contribution is 0.905. The van der Waals surface area contributed by atoms with Crippen molar-refractivity contribution in [3.63, 3.8) is 0 Å². The Balaban J connectivity index is 2.65. The molecule has 0 aromatic heterocycles. The zero-order valence-corrected chi connectivity index (χ0v) is 10.2. The van der Waals surface area contributed by atoms with E-state index in [0.717, 1.165) is 11.3 Å². The zero-order valence-electron chi connectivity index (χ0n) is 10.2. The Kier molecular flexibility index (Phi) is 5.19. The number of guanidine groups is 1. The highest BCUT2D eigenvalue weighted by Gasteiger charge is 1.99. The largest absolute Gasteiger partial charge is 0.374 e. The predicted molar refractivity (Wildman–Crippen MR) is 73.3 cm³/mol. The molecule has 1 aromatic carbocycles. The molecule has 6 heteroatoms. The third-order valence-corrected chi connectivity index (χ3v) is 2.27. The third kappa shape index (κ3) is 4.53. The van der Waals surface area contributed by atoms with Crippen LogP contribution in [0.2, 0.25) is 0 Å². The molecule has 1 aromatic rings. The van der Waals surface area contributed by atoms with Gasteiger partial charge < -0.3 is 16.4 Å². The standard InChI is InChI=1S/C12H16N6/c1-18(8-2-7-13)11-5-3-10(4-6-11)9-16-17-12(14)15/h3-6,9H,2,8H2,1H3,(H4,14,15,17)/b16-9-. The molecule has 0 atom stereocenters. The van der Waals surface area contributed by atoms with Gasteiger partial charge in [-0.1, -0.05) is 12.1 Å². The fourth-order valence-electron chi connectivity index (χ4n) is 1.32. The minimum absolute atomic E-state index is 0.0703. The van der Waals surface area contributed by atoms with Gasteiger partial charge in [0.25, 0.3) is 0 Å². The van der Waals surface area contributed by atoms with Crippen LogP contribution in [-0.4, -0.2) is 25.8 Å². The second kappa shape index (κ2) is 6.91. The van der Waals surface area contributed by atoms with E-state index in [1.807, 2.05) is 36.2 Å². The summed E-state index contributed by atoms with van der Waals surface area (Å²) >= 11 is 0. The average molecular weight is 244 g/mol. The average Bonchev–Trinajstić information content (AvgIpc) is 2.36. The van der Waals surface area contributed by atoms with Crippen LogP contribution < -0.4 is 16.4 Å². The molecule has 0 aliphatic rings. The number of hydrogen-bond acceptors (Lipinski definition) is 4. The van der Waals surface area contributed by atoms with Crippen LogP contribution in [0.4, 0.5) is 5.69 Å². The quantitative estimate of drug-likeness (QED) is 0.450. The van der Waals surface area contributed by atoms with Crippen LogP contribution >= 0.6 is 0 Å². The van der Waals surface area contributed by atoms with Crippen molar-refractivity contribution in [3.05, 3.63) is 29.8 Å². The van der Waals surface area contributed by atoms with Gasteiger partial charge >= 0.3 is 0 Å². The maximum Gasteiger partial charge on any atom is 0.211 e. The van der Waals surface area contributed by atoms with Gasteiger partial charge in [0, 0.05) is 19.3 Å². The molecule has 94 valence electrons. The highest BCUT2D eigenvalue weighted by molar-refractivity contribution is 5.82. The highest BCUT2D eigenvalue weighted by atomic mass is 15.3. The van der Waals surface area contributed by atoms with Crippen LogP contribution in [0.25, 0.3) is 0 Å². The first-order valence-corrected chi connectivity index (χ1v) is 5.43. The number of nitrogens with zero attached hydrogens (tertiary/aromatic N) is 4. The summed E-state index contributed by atoms with van der Waals surface area (Å²) in [6, 6.07) is 9.84. The molecule has 1 rings (SSSR count). The van der Waals surface area contributed by atoms with Crippen molar-refractivity contribution in [2.45, 2.75) is 6.42 Å². The molecule has 0 radical (unpaired) electrons. The van der Waals surface area contributed by atoms with Crippen LogP contribution in [0.3, 0.4) is 0 Å². The summed E-state index contributed by atoms with van der Waals surface area (Å²) in [5.41, 5.74) is 12.2. The molecule has 18 heavy (non-hydrogen) atoms. The van der Waals surface area contributed by atoms with Gasteiger partial charge in [0.1, 0.15) is 0 Å². The Morgan fingerprint density at radius 2 is 2.06 bits per heavy atom. The van der Waals surface area contributed by atoms with E-state index in [-0.39, 0.29) is 5.96 Å². The van der Waals surface area contributed by atoms with E-state index in [9.17, 15) is 0 Å². The number of hydrogen-bond donors (Lipinski definition) is 2. The number of nitrogens with two attached hydrogens (primary N) is 2. The monoisotopic (exact) mass is 244 g/mol. The number of anilines is 1. The van der Waals surface area contributed by atoms with Crippen molar-refractivity contribution in [1.29, 1.82) is 5.26 Å². The Morgan fingerprint density at radius 3 is 2.61 bits per heavy atom. The molecular weight excluding hydrogens is 228 g/mol. The molecule has 0 amide bonds. The molecule has 6 nitrogen and oxygen atoms in total. The van der Waals surface area contributed by atoms with E-state index < -0.39 is 0 Å². The van der Waals surface area contributed by atoms with E-state index in [4.69, 9.17) is 16.7 Å². The van der Waals surface area contributed by atoms with Gasteiger partial charge in [-0.2, -0.15) is 10.4 Å². The summed E-state index contributed by atoms with van der Waals surface area (Å²) in [4.78, 5) is 2.01. The first kappa shape index (κ1) is 13.5. The molecule has 0 bridgehead atoms. The second-order valence-corrected chi connectivity index (χ2v) is 3.69. The molecule has 4 N–H and O–H groups in total. The Hall–Kier alpha value is -2.55. The zero-order chi connectivity index (χ0) is 13.4. The van der Waals surface area contributed by atoms with Gasteiger partial charge in [0.2, 0.25) is 5.96 Å². The summed E-state index contributed by atoms with van der Waals surface area (Å²) in [6.45, 7) is 0.706. The molecule has 0 aliphatic carbocycles. The maximum atomic E-state index is 8.52.